The molecule has 2 rings (SSSR count). The average molecular weight is 401 g/mol. The summed E-state index contributed by atoms with van der Waals surface area (Å²) in [6.45, 7) is 2.65. The van der Waals surface area contributed by atoms with Gasteiger partial charge in [-0.25, -0.2) is 4.39 Å². The summed E-state index contributed by atoms with van der Waals surface area (Å²) < 4.78 is 15.5. The Labute approximate surface area is 135 Å². The van der Waals surface area contributed by atoms with Gasteiger partial charge >= 0.3 is 0 Å². The van der Waals surface area contributed by atoms with Gasteiger partial charge in [0.05, 0.1) is 0 Å². The lowest BCUT2D eigenvalue weighted by Gasteiger charge is -2.14. The third kappa shape index (κ3) is 4.69. The van der Waals surface area contributed by atoms with Crippen LogP contribution in [0.5, 0.6) is 0 Å². The van der Waals surface area contributed by atoms with Crippen LogP contribution < -0.4 is 5.32 Å². The number of benzene rings is 2. The van der Waals surface area contributed by atoms with Crippen LogP contribution >= 0.6 is 31.9 Å². The summed E-state index contributed by atoms with van der Waals surface area (Å²) in [5, 5.41) is 3.36. The highest BCUT2D eigenvalue weighted by Gasteiger charge is 2.06. The van der Waals surface area contributed by atoms with Gasteiger partial charge in [0.15, 0.2) is 0 Å². The van der Waals surface area contributed by atoms with Gasteiger partial charge in [-0.05, 0) is 43.2 Å². The molecule has 0 saturated carbocycles. The summed E-state index contributed by atoms with van der Waals surface area (Å²) >= 11 is 6.69. The van der Waals surface area contributed by atoms with E-state index in [0.29, 0.717) is 18.2 Å². The number of halogens is 3. The van der Waals surface area contributed by atoms with Crippen molar-refractivity contribution in [2.24, 2.45) is 0 Å². The molecule has 0 fully saturated rings. The summed E-state index contributed by atoms with van der Waals surface area (Å²) in [5.74, 6) is -0.178. The largest absolute Gasteiger partial charge is 0.310 e. The molecule has 0 aromatic heterocycles. The van der Waals surface area contributed by atoms with Crippen LogP contribution in [0.25, 0.3) is 0 Å². The van der Waals surface area contributed by atoms with Crippen molar-refractivity contribution in [1.82, 2.24) is 5.32 Å². The molecular formula is C16H16Br2FN. The van der Waals surface area contributed by atoms with Crippen molar-refractivity contribution in [2.45, 2.75) is 25.9 Å². The quantitative estimate of drug-likeness (QED) is 0.738. The highest BCUT2D eigenvalue weighted by Crippen LogP contribution is 2.16. The topological polar surface area (TPSA) is 12.0 Å². The van der Waals surface area contributed by atoms with Gasteiger partial charge in [0, 0.05) is 27.1 Å². The Morgan fingerprint density at radius 3 is 2.35 bits per heavy atom. The van der Waals surface area contributed by atoms with E-state index >= 15 is 0 Å². The van der Waals surface area contributed by atoms with E-state index in [4.69, 9.17) is 0 Å². The Balaban J connectivity index is 1.88. The van der Waals surface area contributed by atoms with Crippen LogP contribution in [0.4, 0.5) is 4.39 Å². The van der Waals surface area contributed by atoms with E-state index in [1.165, 1.54) is 11.6 Å². The molecule has 0 aliphatic rings. The van der Waals surface area contributed by atoms with Gasteiger partial charge in [0.1, 0.15) is 5.82 Å². The van der Waals surface area contributed by atoms with Crippen molar-refractivity contribution in [3.05, 3.63) is 68.4 Å². The first-order valence-corrected chi connectivity index (χ1v) is 8.05. The molecule has 1 N–H and O–H groups in total. The summed E-state index contributed by atoms with van der Waals surface area (Å²) in [4.78, 5) is 0. The van der Waals surface area contributed by atoms with Gasteiger partial charge in [0.25, 0.3) is 0 Å². The average Bonchev–Trinajstić information content (AvgIpc) is 2.40. The Kier molecular flexibility index (Phi) is 5.75. The second-order valence-electron chi connectivity index (χ2n) is 4.85. The number of rotatable bonds is 5. The lowest BCUT2D eigenvalue weighted by Crippen LogP contribution is -2.27. The Hall–Kier alpha value is -0.710. The maximum Gasteiger partial charge on any atom is 0.128 e. The van der Waals surface area contributed by atoms with Crippen molar-refractivity contribution in [1.29, 1.82) is 0 Å². The molecule has 0 aliphatic heterocycles. The number of nitrogens with one attached hydrogen (secondary N) is 1. The first kappa shape index (κ1) is 15.7. The van der Waals surface area contributed by atoms with Crippen molar-refractivity contribution < 1.29 is 4.39 Å². The van der Waals surface area contributed by atoms with Crippen molar-refractivity contribution in [3.63, 3.8) is 0 Å². The SMILES string of the molecule is CC(Cc1ccc(Br)cc1)NCc1ccc(Br)cc1F. The molecule has 0 aliphatic carbocycles. The van der Waals surface area contributed by atoms with Crippen molar-refractivity contribution in [3.8, 4) is 0 Å². The van der Waals surface area contributed by atoms with Gasteiger partial charge in [-0.1, -0.05) is 50.1 Å². The van der Waals surface area contributed by atoms with Gasteiger partial charge < -0.3 is 5.32 Å². The van der Waals surface area contributed by atoms with E-state index in [2.05, 4.69) is 56.2 Å². The fraction of sp³-hybridized carbons (Fsp3) is 0.250. The minimum atomic E-state index is -0.178. The van der Waals surface area contributed by atoms with E-state index in [9.17, 15) is 4.39 Å². The fourth-order valence-electron chi connectivity index (χ4n) is 2.00. The highest BCUT2D eigenvalue weighted by molar-refractivity contribution is 9.10. The molecule has 0 saturated heterocycles. The standard InChI is InChI=1S/C16H16Br2FN/c1-11(8-12-2-5-14(17)6-3-12)20-10-13-4-7-15(18)9-16(13)19/h2-7,9,11,20H,8,10H2,1H3. The Bertz CT molecular complexity index is 569. The highest BCUT2D eigenvalue weighted by atomic mass is 79.9. The molecule has 0 spiro atoms. The number of hydrogen-bond donors (Lipinski definition) is 1. The molecule has 2 aromatic rings. The van der Waals surface area contributed by atoms with Crippen LogP contribution in [-0.4, -0.2) is 6.04 Å². The lowest BCUT2D eigenvalue weighted by atomic mass is 10.1. The summed E-state index contributed by atoms with van der Waals surface area (Å²) in [5.41, 5.74) is 1.96. The fourth-order valence-corrected chi connectivity index (χ4v) is 2.59. The third-order valence-corrected chi connectivity index (χ3v) is 4.13. The summed E-state index contributed by atoms with van der Waals surface area (Å²) in [6.07, 6.45) is 0.922. The molecule has 20 heavy (non-hydrogen) atoms. The van der Waals surface area contributed by atoms with Crippen molar-refractivity contribution in [2.75, 3.05) is 0 Å². The van der Waals surface area contributed by atoms with Crippen LogP contribution in [0.15, 0.2) is 51.4 Å². The maximum atomic E-state index is 13.7. The molecule has 0 bridgehead atoms. The van der Waals surface area contributed by atoms with Crippen LogP contribution in [-0.2, 0) is 13.0 Å². The van der Waals surface area contributed by atoms with Gasteiger partial charge in [-0.15, -0.1) is 0 Å². The van der Waals surface area contributed by atoms with Crippen LogP contribution in [0.3, 0.4) is 0 Å². The monoisotopic (exact) mass is 399 g/mol. The number of hydrogen-bond acceptors (Lipinski definition) is 1. The molecule has 0 amide bonds. The van der Waals surface area contributed by atoms with E-state index in [1.54, 1.807) is 6.07 Å². The summed E-state index contributed by atoms with van der Waals surface area (Å²) in [6, 6.07) is 13.7. The molecule has 0 heterocycles. The molecule has 1 atom stereocenters. The normalized spacial score (nSPS) is 12.4. The maximum absolute atomic E-state index is 13.7. The van der Waals surface area contributed by atoms with E-state index in [0.717, 1.165) is 15.4 Å². The van der Waals surface area contributed by atoms with Crippen LogP contribution in [0, 0.1) is 5.82 Å². The zero-order chi connectivity index (χ0) is 14.5. The minimum absolute atomic E-state index is 0.178. The first-order valence-electron chi connectivity index (χ1n) is 6.46. The van der Waals surface area contributed by atoms with E-state index in [-0.39, 0.29) is 5.82 Å². The Morgan fingerprint density at radius 2 is 1.70 bits per heavy atom. The molecule has 106 valence electrons. The van der Waals surface area contributed by atoms with Crippen molar-refractivity contribution >= 4 is 31.9 Å². The van der Waals surface area contributed by atoms with Gasteiger partial charge in [-0.3, -0.25) is 0 Å². The summed E-state index contributed by atoms with van der Waals surface area (Å²) in [7, 11) is 0. The van der Waals surface area contributed by atoms with Gasteiger partial charge in [0.2, 0.25) is 0 Å². The predicted octanol–water partition coefficient (Wildman–Crippen LogP) is 5.07. The molecule has 1 nitrogen and oxygen atoms in total. The second-order valence-corrected chi connectivity index (χ2v) is 6.68. The molecule has 2 aromatic carbocycles. The van der Waals surface area contributed by atoms with E-state index < -0.39 is 0 Å². The molecule has 4 heteroatoms. The zero-order valence-electron chi connectivity index (χ0n) is 11.2. The molecule has 1 unspecified atom stereocenters. The van der Waals surface area contributed by atoms with E-state index in [1.807, 2.05) is 18.2 Å². The van der Waals surface area contributed by atoms with Gasteiger partial charge in [-0.2, -0.15) is 0 Å². The zero-order valence-corrected chi connectivity index (χ0v) is 14.3. The predicted molar refractivity (Wildman–Crippen MR) is 88.2 cm³/mol. The van der Waals surface area contributed by atoms with Crippen LogP contribution in [0.2, 0.25) is 0 Å². The Morgan fingerprint density at radius 1 is 1.05 bits per heavy atom. The third-order valence-electron chi connectivity index (χ3n) is 3.11. The molecular weight excluding hydrogens is 385 g/mol. The second kappa shape index (κ2) is 7.34. The van der Waals surface area contributed by atoms with Crippen LogP contribution in [0.1, 0.15) is 18.1 Å². The smallest absolute Gasteiger partial charge is 0.128 e. The minimum Gasteiger partial charge on any atom is -0.310 e. The first-order chi connectivity index (χ1) is 9.54. The molecule has 0 radical (unpaired) electrons. The lowest BCUT2D eigenvalue weighted by molar-refractivity contribution is 0.525.